The Morgan fingerprint density at radius 3 is 2.50 bits per heavy atom. The highest BCUT2D eigenvalue weighted by atomic mass is 32.1. The molecule has 0 bridgehead atoms. The lowest BCUT2D eigenvalue weighted by atomic mass is 10.1. The smallest absolute Gasteiger partial charge is 0.259 e. The molecule has 2 aromatic heterocycles. The van der Waals surface area contributed by atoms with Gasteiger partial charge in [0.25, 0.3) is 5.91 Å². The van der Waals surface area contributed by atoms with E-state index in [4.69, 9.17) is 0 Å². The van der Waals surface area contributed by atoms with Gasteiger partial charge in [0.05, 0.1) is 17.3 Å². The van der Waals surface area contributed by atoms with Crippen LogP contribution in [0, 0.1) is 6.92 Å². The summed E-state index contributed by atoms with van der Waals surface area (Å²) in [6.07, 6.45) is 0. The van der Waals surface area contributed by atoms with Gasteiger partial charge in [0, 0.05) is 29.6 Å². The summed E-state index contributed by atoms with van der Waals surface area (Å²) in [7, 11) is 0. The number of hydrogen-bond donors (Lipinski definition) is 3. The minimum absolute atomic E-state index is 0.0719. The Morgan fingerprint density at radius 1 is 1.14 bits per heavy atom. The Bertz CT molecular complexity index is 1070. The Balaban J connectivity index is 1.72. The van der Waals surface area contributed by atoms with E-state index in [0.717, 1.165) is 16.8 Å². The van der Waals surface area contributed by atoms with E-state index < -0.39 is 0 Å². The summed E-state index contributed by atoms with van der Waals surface area (Å²) < 4.78 is 0. The van der Waals surface area contributed by atoms with Crippen LogP contribution in [0.15, 0.2) is 46.6 Å². The average molecular weight is 396 g/mol. The molecule has 0 fully saturated rings. The molecule has 1 atom stereocenters. The number of thiazole rings is 1. The highest BCUT2D eigenvalue weighted by Crippen LogP contribution is 2.26. The van der Waals surface area contributed by atoms with Crippen molar-refractivity contribution < 1.29 is 9.59 Å². The second kappa shape index (κ2) is 8.18. The molecular weight excluding hydrogens is 376 g/mol. The molecule has 0 aliphatic carbocycles. The summed E-state index contributed by atoms with van der Waals surface area (Å²) in [5, 5.41) is 7.94. The number of anilines is 1. The predicted octanol–water partition coefficient (Wildman–Crippen LogP) is 3.26. The Labute approximate surface area is 165 Å². The second-order valence-corrected chi connectivity index (χ2v) is 7.26. The zero-order chi connectivity index (χ0) is 20.3. The van der Waals surface area contributed by atoms with Gasteiger partial charge in [-0.2, -0.15) is 0 Å². The highest BCUT2D eigenvalue weighted by molar-refractivity contribution is 7.14. The molecule has 2 amide bonds. The molecular formula is C20H20N4O3S. The quantitative estimate of drug-likeness (QED) is 0.616. The largest absolute Gasteiger partial charge is 0.350 e. The number of aromatic nitrogens is 2. The summed E-state index contributed by atoms with van der Waals surface area (Å²) in [6, 6.07) is 10.5. The number of carbonyl (C=O) groups excluding carboxylic acids is 2. The van der Waals surface area contributed by atoms with Crippen LogP contribution < -0.4 is 16.2 Å². The maximum absolute atomic E-state index is 12.4. The molecule has 0 radical (unpaired) electrons. The number of aryl methyl sites for hydroxylation is 1. The fourth-order valence-electron chi connectivity index (χ4n) is 2.78. The summed E-state index contributed by atoms with van der Waals surface area (Å²) in [4.78, 5) is 41.9. The zero-order valence-corrected chi connectivity index (χ0v) is 16.5. The molecule has 1 aromatic carbocycles. The normalized spacial score (nSPS) is 11.7. The first-order chi connectivity index (χ1) is 13.3. The van der Waals surface area contributed by atoms with Crippen molar-refractivity contribution in [2.75, 3.05) is 5.32 Å². The van der Waals surface area contributed by atoms with Crippen molar-refractivity contribution in [3.63, 3.8) is 0 Å². The highest BCUT2D eigenvalue weighted by Gasteiger charge is 2.13. The van der Waals surface area contributed by atoms with Gasteiger partial charge in [-0.1, -0.05) is 24.3 Å². The first-order valence-electron chi connectivity index (χ1n) is 8.67. The minimum atomic E-state index is -0.325. The van der Waals surface area contributed by atoms with E-state index in [1.165, 1.54) is 30.4 Å². The molecule has 3 N–H and O–H groups in total. The van der Waals surface area contributed by atoms with E-state index in [1.54, 1.807) is 6.92 Å². The number of nitrogens with one attached hydrogen (secondary N) is 3. The van der Waals surface area contributed by atoms with Crippen LogP contribution in [0.2, 0.25) is 0 Å². The Hall–Kier alpha value is -3.26. The van der Waals surface area contributed by atoms with E-state index in [-0.39, 0.29) is 23.4 Å². The summed E-state index contributed by atoms with van der Waals surface area (Å²) in [6.45, 7) is 5.09. The van der Waals surface area contributed by atoms with E-state index >= 15 is 0 Å². The van der Waals surface area contributed by atoms with Crippen molar-refractivity contribution in [3.8, 4) is 11.3 Å². The molecule has 3 rings (SSSR count). The van der Waals surface area contributed by atoms with Crippen LogP contribution in [0.5, 0.6) is 0 Å². The van der Waals surface area contributed by atoms with Gasteiger partial charge in [0.1, 0.15) is 0 Å². The summed E-state index contributed by atoms with van der Waals surface area (Å²) >= 11 is 1.32. The number of pyridine rings is 1. The van der Waals surface area contributed by atoms with Crippen LogP contribution in [0.25, 0.3) is 11.3 Å². The van der Waals surface area contributed by atoms with Gasteiger partial charge in [-0.05, 0) is 25.5 Å². The van der Waals surface area contributed by atoms with Gasteiger partial charge in [0.2, 0.25) is 11.5 Å². The van der Waals surface area contributed by atoms with Crippen LogP contribution in [-0.2, 0) is 4.79 Å². The van der Waals surface area contributed by atoms with Gasteiger partial charge in [-0.3, -0.25) is 19.7 Å². The number of hydrogen-bond acceptors (Lipinski definition) is 5. The molecule has 28 heavy (non-hydrogen) atoms. The zero-order valence-electron chi connectivity index (χ0n) is 15.7. The lowest BCUT2D eigenvalue weighted by Gasteiger charge is -2.13. The standard InChI is InChI=1S/C20H20N4O3S/c1-11(21-13(3)25)14-4-6-15(7-5-14)17-10-28-20(23-17)24-19(27)16-8-9-18(26)22-12(16)2/h4-11H,1-3H3,(H,21,25)(H,22,26)(H,23,24,27)/t11-/m1/s1. The lowest BCUT2D eigenvalue weighted by molar-refractivity contribution is -0.119. The molecule has 144 valence electrons. The van der Waals surface area contributed by atoms with Crippen LogP contribution >= 0.6 is 11.3 Å². The number of carbonyl (C=O) groups is 2. The van der Waals surface area contributed by atoms with E-state index in [2.05, 4.69) is 20.6 Å². The molecule has 0 saturated heterocycles. The summed E-state index contributed by atoms with van der Waals surface area (Å²) in [5.41, 5.74) is 3.31. The summed E-state index contributed by atoms with van der Waals surface area (Å²) in [5.74, 6) is -0.400. The van der Waals surface area contributed by atoms with Crippen molar-refractivity contribution in [1.29, 1.82) is 0 Å². The van der Waals surface area contributed by atoms with Crippen molar-refractivity contribution in [3.05, 3.63) is 69.0 Å². The Kier molecular flexibility index (Phi) is 5.70. The molecule has 0 saturated carbocycles. The first-order valence-corrected chi connectivity index (χ1v) is 9.55. The minimum Gasteiger partial charge on any atom is -0.350 e. The van der Waals surface area contributed by atoms with Crippen LogP contribution in [0.3, 0.4) is 0 Å². The van der Waals surface area contributed by atoms with Crippen molar-refractivity contribution >= 4 is 28.3 Å². The third-order valence-electron chi connectivity index (χ3n) is 4.21. The fraction of sp³-hybridized carbons (Fsp3) is 0.200. The number of amides is 2. The number of aromatic amines is 1. The maximum atomic E-state index is 12.4. The maximum Gasteiger partial charge on any atom is 0.259 e. The number of benzene rings is 1. The molecule has 8 heteroatoms. The number of rotatable bonds is 5. The topological polar surface area (TPSA) is 104 Å². The first kappa shape index (κ1) is 19.5. The molecule has 3 aromatic rings. The second-order valence-electron chi connectivity index (χ2n) is 6.40. The number of H-pyrrole nitrogens is 1. The number of nitrogens with zero attached hydrogens (tertiary/aromatic N) is 1. The van der Waals surface area contributed by atoms with E-state index in [9.17, 15) is 14.4 Å². The molecule has 0 aliphatic heterocycles. The van der Waals surface area contributed by atoms with Gasteiger partial charge in [-0.15, -0.1) is 11.3 Å². The monoisotopic (exact) mass is 396 g/mol. The molecule has 2 heterocycles. The average Bonchev–Trinajstić information content (AvgIpc) is 3.09. The SMILES string of the molecule is CC(=O)N[C@H](C)c1ccc(-c2csc(NC(=O)c3ccc(=O)[nH]c3C)n2)cc1. The van der Waals surface area contributed by atoms with Crippen molar-refractivity contribution in [1.82, 2.24) is 15.3 Å². The Morgan fingerprint density at radius 2 is 1.86 bits per heavy atom. The van der Waals surface area contributed by atoms with Gasteiger partial charge < -0.3 is 10.3 Å². The predicted molar refractivity (Wildman–Crippen MR) is 110 cm³/mol. The van der Waals surface area contributed by atoms with Crippen molar-refractivity contribution in [2.45, 2.75) is 26.8 Å². The van der Waals surface area contributed by atoms with Gasteiger partial charge in [-0.25, -0.2) is 4.98 Å². The third-order valence-corrected chi connectivity index (χ3v) is 4.97. The molecule has 7 nitrogen and oxygen atoms in total. The lowest BCUT2D eigenvalue weighted by Crippen LogP contribution is -2.23. The van der Waals surface area contributed by atoms with Crippen LogP contribution in [-0.4, -0.2) is 21.8 Å². The third kappa shape index (κ3) is 4.52. The van der Waals surface area contributed by atoms with Crippen LogP contribution in [0.1, 0.15) is 41.5 Å². The van der Waals surface area contributed by atoms with Crippen LogP contribution in [0.4, 0.5) is 5.13 Å². The molecule has 0 unspecified atom stereocenters. The van der Waals surface area contributed by atoms with Gasteiger partial charge in [0.15, 0.2) is 5.13 Å². The molecule has 0 spiro atoms. The van der Waals surface area contributed by atoms with E-state index in [1.807, 2.05) is 36.6 Å². The van der Waals surface area contributed by atoms with Gasteiger partial charge >= 0.3 is 0 Å². The molecule has 0 aliphatic rings. The fourth-order valence-corrected chi connectivity index (χ4v) is 3.50. The van der Waals surface area contributed by atoms with E-state index in [0.29, 0.717) is 16.4 Å². The van der Waals surface area contributed by atoms with Crippen molar-refractivity contribution in [2.24, 2.45) is 0 Å².